The molecule has 0 aliphatic carbocycles. The average molecular weight is 302 g/mol. The van der Waals surface area contributed by atoms with E-state index in [1.54, 1.807) is 6.92 Å². The van der Waals surface area contributed by atoms with Gasteiger partial charge in [0.15, 0.2) is 9.84 Å². The summed E-state index contributed by atoms with van der Waals surface area (Å²) in [6, 6.07) is 0. The molecule has 0 amide bonds. The van der Waals surface area contributed by atoms with Crippen molar-refractivity contribution in [3.8, 4) is 0 Å². The summed E-state index contributed by atoms with van der Waals surface area (Å²) < 4.78 is 24.7. The van der Waals surface area contributed by atoms with Gasteiger partial charge in [-0.15, -0.1) is 0 Å². The van der Waals surface area contributed by atoms with Crippen LogP contribution in [0.1, 0.15) is 19.8 Å². The first kappa shape index (κ1) is 14.6. The van der Waals surface area contributed by atoms with Gasteiger partial charge in [0.25, 0.3) is 5.56 Å². The van der Waals surface area contributed by atoms with Crippen molar-refractivity contribution in [2.45, 2.75) is 31.6 Å². The normalized spacial score (nSPS) is 20.9. The molecule has 0 aromatic carbocycles. The molecule has 112 valence electrons. The zero-order valence-corrected chi connectivity index (χ0v) is 12.0. The Morgan fingerprint density at radius 2 is 2.15 bits per heavy atom. The number of nitrogens with two attached hydrogens (primary N) is 1. The molecule has 1 aromatic heterocycles. The molecule has 2 rings (SSSR count). The van der Waals surface area contributed by atoms with Crippen LogP contribution in [0.2, 0.25) is 0 Å². The van der Waals surface area contributed by atoms with Gasteiger partial charge in [-0.2, -0.15) is 0 Å². The number of nitrogens with zero attached hydrogens (tertiary/aromatic N) is 1. The van der Waals surface area contributed by atoms with Gasteiger partial charge >= 0.3 is 5.69 Å². The predicted molar refractivity (Wildman–Crippen MR) is 76.7 cm³/mol. The highest BCUT2D eigenvalue weighted by molar-refractivity contribution is 7.92. The van der Waals surface area contributed by atoms with E-state index in [1.807, 2.05) is 0 Å². The maximum Gasteiger partial charge on any atom is 0.330 e. The molecule has 2 heterocycles. The topological polar surface area (TPSA) is 127 Å². The molecular formula is C11H18N4O4S. The van der Waals surface area contributed by atoms with Crippen molar-refractivity contribution in [3.63, 3.8) is 0 Å². The molecule has 0 saturated carbocycles. The quantitative estimate of drug-likeness (QED) is 0.663. The van der Waals surface area contributed by atoms with Gasteiger partial charge in [0.2, 0.25) is 0 Å². The minimum Gasteiger partial charge on any atom is -0.383 e. The van der Waals surface area contributed by atoms with E-state index in [9.17, 15) is 18.0 Å². The number of aromatic nitrogens is 2. The first-order valence-electron chi connectivity index (χ1n) is 6.45. The zero-order valence-electron chi connectivity index (χ0n) is 11.2. The van der Waals surface area contributed by atoms with Crippen LogP contribution in [0.15, 0.2) is 9.59 Å². The Kier molecular flexibility index (Phi) is 3.89. The van der Waals surface area contributed by atoms with Crippen LogP contribution in [0, 0.1) is 0 Å². The monoisotopic (exact) mass is 302 g/mol. The highest BCUT2D eigenvalue weighted by Gasteiger charge is 2.31. The molecule has 0 bridgehead atoms. The van der Waals surface area contributed by atoms with Gasteiger partial charge in [-0.3, -0.25) is 14.3 Å². The van der Waals surface area contributed by atoms with E-state index in [0.717, 1.165) is 0 Å². The number of hydrogen-bond acceptors (Lipinski definition) is 6. The summed E-state index contributed by atoms with van der Waals surface area (Å²) >= 11 is 0. The van der Waals surface area contributed by atoms with Gasteiger partial charge in [-0.25, -0.2) is 13.2 Å². The fraction of sp³-hybridized carbons (Fsp3) is 0.636. The molecule has 8 nitrogen and oxygen atoms in total. The van der Waals surface area contributed by atoms with E-state index in [4.69, 9.17) is 5.73 Å². The van der Waals surface area contributed by atoms with Crippen molar-refractivity contribution in [1.82, 2.24) is 9.55 Å². The molecular weight excluding hydrogens is 284 g/mol. The Morgan fingerprint density at radius 3 is 2.70 bits per heavy atom. The third-order valence-electron chi connectivity index (χ3n) is 3.53. The highest BCUT2D eigenvalue weighted by Crippen LogP contribution is 2.20. The number of nitrogens with one attached hydrogen (secondary N) is 2. The smallest absolute Gasteiger partial charge is 0.330 e. The zero-order chi connectivity index (χ0) is 14.9. The highest BCUT2D eigenvalue weighted by atomic mass is 32.2. The number of hydrogen-bond donors (Lipinski definition) is 3. The minimum atomic E-state index is -3.09. The number of aromatic amines is 1. The minimum absolute atomic E-state index is 0.0247. The third kappa shape index (κ3) is 2.58. The summed E-state index contributed by atoms with van der Waals surface area (Å²) in [4.78, 5) is 25.4. The largest absolute Gasteiger partial charge is 0.383 e. The Labute approximate surface area is 115 Å². The number of rotatable bonds is 4. The number of sulfone groups is 1. The molecule has 1 aliphatic heterocycles. The Bertz CT molecular complexity index is 719. The molecule has 1 saturated heterocycles. The molecule has 1 aliphatic rings. The lowest BCUT2D eigenvalue weighted by atomic mass is 10.2. The van der Waals surface area contributed by atoms with Crippen LogP contribution in [-0.4, -0.2) is 35.5 Å². The lowest BCUT2D eigenvalue weighted by Crippen LogP contribution is -2.35. The summed E-state index contributed by atoms with van der Waals surface area (Å²) in [6.07, 6.45) is 1.20. The van der Waals surface area contributed by atoms with E-state index in [-0.39, 0.29) is 23.8 Å². The van der Waals surface area contributed by atoms with Crippen LogP contribution < -0.4 is 22.3 Å². The van der Waals surface area contributed by atoms with Crippen molar-refractivity contribution in [2.75, 3.05) is 23.3 Å². The number of anilines is 2. The lowest BCUT2D eigenvalue weighted by molar-refractivity contribution is 0.591. The molecule has 0 radical (unpaired) electrons. The van der Waals surface area contributed by atoms with Crippen molar-refractivity contribution >= 4 is 21.3 Å². The fourth-order valence-corrected chi connectivity index (χ4v) is 4.14. The van der Waals surface area contributed by atoms with Gasteiger partial charge in [0.1, 0.15) is 11.5 Å². The molecule has 1 fully saturated rings. The second-order valence-electron chi connectivity index (χ2n) is 4.78. The standard InChI is InChI=1S/C11H18N4O4S/c1-2-15-9(12)8(10(16)14-11(15)17)13-6-7-4-3-5-20(7,18)19/h7,13H,2-6,12H2,1H3,(H,14,16,17). The lowest BCUT2D eigenvalue weighted by Gasteiger charge is -2.15. The molecule has 9 heteroatoms. The Morgan fingerprint density at radius 1 is 1.45 bits per heavy atom. The van der Waals surface area contributed by atoms with Crippen molar-refractivity contribution < 1.29 is 8.42 Å². The number of nitrogen functional groups attached to an aromatic ring is 1. The second-order valence-corrected chi connectivity index (χ2v) is 7.18. The SMILES string of the molecule is CCn1c(N)c(NCC2CCCS2(=O)=O)c(=O)[nH]c1=O. The molecule has 0 spiro atoms. The second kappa shape index (κ2) is 5.31. The Balaban J connectivity index is 2.27. The van der Waals surface area contributed by atoms with Gasteiger partial charge in [-0.1, -0.05) is 0 Å². The first-order chi connectivity index (χ1) is 9.36. The van der Waals surface area contributed by atoms with Gasteiger partial charge in [0, 0.05) is 13.1 Å². The summed E-state index contributed by atoms with van der Waals surface area (Å²) in [5, 5.41) is 2.26. The summed E-state index contributed by atoms with van der Waals surface area (Å²) in [6.45, 7) is 2.16. The average Bonchev–Trinajstić information content (AvgIpc) is 2.68. The van der Waals surface area contributed by atoms with E-state index in [1.165, 1.54) is 4.57 Å². The summed E-state index contributed by atoms with van der Waals surface area (Å²) in [7, 11) is -3.09. The molecule has 20 heavy (non-hydrogen) atoms. The van der Waals surface area contributed by atoms with Crippen molar-refractivity contribution in [3.05, 3.63) is 20.8 Å². The molecule has 4 N–H and O–H groups in total. The fourth-order valence-electron chi connectivity index (χ4n) is 2.38. The van der Waals surface area contributed by atoms with Gasteiger partial charge in [0.05, 0.1) is 11.0 Å². The maximum absolute atomic E-state index is 11.7. The third-order valence-corrected chi connectivity index (χ3v) is 5.80. The number of H-pyrrole nitrogens is 1. The van der Waals surface area contributed by atoms with Crippen LogP contribution >= 0.6 is 0 Å². The summed E-state index contributed by atoms with van der Waals surface area (Å²) in [5.74, 6) is 0.205. The van der Waals surface area contributed by atoms with Crippen LogP contribution in [0.3, 0.4) is 0 Å². The van der Waals surface area contributed by atoms with E-state index < -0.39 is 26.3 Å². The molecule has 1 aromatic rings. The molecule has 1 atom stereocenters. The Hall–Kier alpha value is -1.77. The van der Waals surface area contributed by atoms with E-state index >= 15 is 0 Å². The van der Waals surface area contributed by atoms with Crippen LogP contribution in [0.4, 0.5) is 11.5 Å². The summed E-state index contributed by atoms with van der Waals surface area (Å²) in [5.41, 5.74) is 4.62. The van der Waals surface area contributed by atoms with Crippen molar-refractivity contribution in [1.29, 1.82) is 0 Å². The molecule has 1 unspecified atom stereocenters. The van der Waals surface area contributed by atoms with Crippen LogP contribution in [0.5, 0.6) is 0 Å². The van der Waals surface area contributed by atoms with Crippen molar-refractivity contribution in [2.24, 2.45) is 0 Å². The van der Waals surface area contributed by atoms with Crippen LogP contribution in [0.25, 0.3) is 0 Å². The van der Waals surface area contributed by atoms with Gasteiger partial charge < -0.3 is 11.1 Å². The van der Waals surface area contributed by atoms with Gasteiger partial charge in [-0.05, 0) is 19.8 Å². The van der Waals surface area contributed by atoms with E-state index in [0.29, 0.717) is 19.4 Å². The maximum atomic E-state index is 11.7. The van der Waals surface area contributed by atoms with Crippen LogP contribution in [-0.2, 0) is 16.4 Å². The first-order valence-corrected chi connectivity index (χ1v) is 8.16. The predicted octanol–water partition coefficient (Wildman–Crippen LogP) is -0.872. The van der Waals surface area contributed by atoms with E-state index in [2.05, 4.69) is 10.3 Å².